The lowest BCUT2D eigenvalue weighted by molar-refractivity contribution is 0.627. The highest BCUT2D eigenvalue weighted by Crippen LogP contribution is 2.36. The molecule has 4 nitrogen and oxygen atoms in total. The van der Waals surface area contributed by atoms with Gasteiger partial charge in [-0.05, 0) is 31.0 Å². The molecule has 5 heteroatoms. The van der Waals surface area contributed by atoms with Crippen molar-refractivity contribution in [1.29, 1.82) is 0 Å². The molecule has 2 N–H and O–H groups in total. The summed E-state index contributed by atoms with van der Waals surface area (Å²) in [6, 6.07) is 4.85. The molecular formula is C14H17FN4. The van der Waals surface area contributed by atoms with E-state index in [2.05, 4.69) is 10.00 Å². The van der Waals surface area contributed by atoms with Gasteiger partial charge in [0, 0.05) is 37.0 Å². The van der Waals surface area contributed by atoms with Crippen molar-refractivity contribution in [3.8, 4) is 11.1 Å². The molecule has 1 aromatic carbocycles. The van der Waals surface area contributed by atoms with Crippen LogP contribution in [0.25, 0.3) is 11.1 Å². The van der Waals surface area contributed by atoms with E-state index in [0.29, 0.717) is 5.82 Å². The van der Waals surface area contributed by atoms with Crippen LogP contribution in [0.2, 0.25) is 0 Å². The number of benzene rings is 1. The molecule has 0 amide bonds. The van der Waals surface area contributed by atoms with Gasteiger partial charge >= 0.3 is 0 Å². The summed E-state index contributed by atoms with van der Waals surface area (Å²) >= 11 is 0. The standard InChI is InChI=1S/C14H17FN4/c1-18-14(16)12(9-17-18)11-5-4-10(15)8-13(11)19-6-2-3-7-19/h4-5,8-9H,2-3,6-7,16H2,1H3. The van der Waals surface area contributed by atoms with Crippen LogP contribution in [-0.2, 0) is 7.05 Å². The highest BCUT2D eigenvalue weighted by Gasteiger charge is 2.19. The molecule has 0 bridgehead atoms. The van der Waals surface area contributed by atoms with Crippen molar-refractivity contribution >= 4 is 11.5 Å². The number of nitrogen functional groups attached to an aromatic ring is 1. The van der Waals surface area contributed by atoms with E-state index in [9.17, 15) is 4.39 Å². The summed E-state index contributed by atoms with van der Waals surface area (Å²) in [5.41, 5.74) is 8.76. The SMILES string of the molecule is Cn1ncc(-c2ccc(F)cc2N2CCCC2)c1N. The molecule has 0 unspecified atom stereocenters. The summed E-state index contributed by atoms with van der Waals surface area (Å²) < 4.78 is 15.2. The Hall–Kier alpha value is -2.04. The van der Waals surface area contributed by atoms with Gasteiger partial charge in [-0.15, -0.1) is 0 Å². The monoisotopic (exact) mass is 260 g/mol. The van der Waals surface area contributed by atoms with Crippen molar-refractivity contribution in [1.82, 2.24) is 9.78 Å². The Kier molecular flexibility index (Phi) is 2.89. The molecule has 0 radical (unpaired) electrons. The maximum absolute atomic E-state index is 13.5. The second-order valence-electron chi connectivity index (χ2n) is 4.92. The van der Waals surface area contributed by atoms with Crippen LogP contribution in [0, 0.1) is 5.82 Å². The minimum absolute atomic E-state index is 0.215. The molecule has 0 aliphatic carbocycles. The third-order valence-electron chi connectivity index (χ3n) is 3.68. The smallest absolute Gasteiger partial charge is 0.129 e. The van der Waals surface area contributed by atoms with Crippen LogP contribution in [0.1, 0.15) is 12.8 Å². The molecule has 1 saturated heterocycles. The van der Waals surface area contributed by atoms with E-state index >= 15 is 0 Å². The largest absolute Gasteiger partial charge is 0.383 e. The average Bonchev–Trinajstić information content (AvgIpc) is 3.02. The summed E-state index contributed by atoms with van der Waals surface area (Å²) in [5, 5.41) is 4.16. The molecule has 1 aromatic heterocycles. The second-order valence-corrected chi connectivity index (χ2v) is 4.92. The second kappa shape index (κ2) is 4.57. The Morgan fingerprint density at radius 3 is 2.58 bits per heavy atom. The van der Waals surface area contributed by atoms with E-state index < -0.39 is 0 Å². The highest BCUT2D eigenvalue weighted by atomic mass is 19.1. The number of nitrogens with two attached hydrogens (primary N) is 1. The molecule has 3 rings (SSSR count). The highest BCUT2D eigenvalue weighted by molar-refractivity contribution is 5.84. The molecule has 0 saturated carbocycles. The zero-order valence-corrected chi connectivity index (χ0v) is 10.9. The van der Waals surface area contributed by atoms with Crippen molar-refractivity contribution in [2.45, 2.75) is 12.8 Å². The van der Waals surface area contributed by atoms with E-state index in [-0.39, 0.29) is 5.82 Å². The molecule has 1 aliphatic heterocycles. The van der Waals surface area contributed by atoms with E-state index in [1.165, 1.54) is 6.07 Å². The molecule has 2 heterocycles. The maximum atomic E-state index is 13.5. The van der Waals surface area contributed by atoms with Gasteiger partial charge < -0.3 is 10.6 Å². The van der Waals surface area contributed by atoms with Gasteiger partial charge in [-0.2, -0.15) is 5.10 Å². The van der Waals surface area contributed by atoms with Crippen LogP contribution < -0.4 is 10.6 Å². The quantitative estimate of drug-likeness (QED) is 0.902. The molecule has 1 aliphatic rings. The fraction of sp³-hybridized carbons (Fsp3) is 0.357. The summed E-state index contributed by atoms with van der Waals surface area (Å²) in [7, 11) is 1.80. The summed E-state index contributed by atoms with van der Waals surface area (Å²) in [6.07, 6.45) is 4.04. The first-order chi connectivity index (χ1) is 9.16. The molecule has 1 fully saturated rings. The minimum Gasteiger partial charge on any atom is -0.383 e. The van der Waals surface area contributed by atoms with E-state index in [1.54, 1.807) is 30.1 Å². The van der Waals surface area contributed by atoms with Gasteiger partial charge in [0.25, 0.3) is 0 Å². The number of nitrogens with zero attached hydrogens (tertiary/aromatic N) is 3. The first-order valence-electron chi connectivity index (χ1n) is 6.49. The Labute approximate surface area is 111 Å². The summed E-state index contributed by atoms with van der Waals surface area (Å²) in [5.74, 6) is 0.389. The maximum Gasteiger partial charge on any atom is 0.129 e. The number of aryl methyl sites for hydroxylation is 1. The average molecular weight is 260 g/mol. The number of halogens is 1. The van der Waals surface area contributed by atoms with Crippen LogP contribution in [0.3, 0.4) is 0 Å². The Balaban J connectivity index is 2.12. The lowest BCUT2D eigenvalue weighted by atomic mass is 10.1. The molecular weight excluding hydrogens is 243 g/mol. The van der Waals surface area contributed by atoms with Crippen molar-refractivity contribution in [2.75, 3.05) is 23.7 Å². The normalized spacial score (nSPS) is 15.2. The van der Waals surface area contributed by atoms with Crippen molar-refractivity contribution in [3.05, 3.63) is 30.2 Å². The van der Waals surface area contributed by atoms with Crippen LogP contribution in [0.15, 0.2) is 24.4 Å². The third-order valence-corrected chi connectivity index (χ3v) is 3.68. The van der Waals surface area contributed by atoms with Crippen molar-refractivity contribution in [3.63, 3.8) is 0 Å². The Morgan fingerprint density at radius 1 is 1.21 bits per heavy atom. The first-order valence-corrected chi connectivity index (χ1v) is 6.49. The zero-order valence-electron chi connectivity index (χ0n) is 10.9. The van der Waals surface area contributed by atoms with E-state index in [1.807, 2.05) is 0 Å². The number of aromatic nitrogens is 2. The fourth-order valence-electron chi connectivity index (χ4n) is 2.61. The van der Waals surface area contributed by atoms with Gasteiger partial charge in [0.05, 0.1) is 6.20 Å². The Bertz CT molecular complexity index is 599. The van der Waals surface area contributed by atoms with E-state index in [0.717, 1.165) is 42.7 Å². The van der Waals surface area contributed by atoms with Gasteiger partial charge in [0.2, 0.25) is 0 Å². The number of hydrogen-bond acceptors (Lipinski definition) is 3. The topological polar surface area (TPSA) is 47.1 Å². The number of anilines is 2. The molecule has 0 atom stereocenters. The van der Waals surface area contributed by atoms with Crippen LogP contribution in [0.5, 0.6) is 0 Å². The lowest BCUT2D eigenvalue weighted by Gasteiger charge is -2.21. The minimum atomic E-state index is -0.215. The van der Waals surface area contributed by atoms with Crippen molar-refractivity contribution < 1.29 is 4.39 Å². The van der Waals surface area contributed by atoms with E-state index in [4.69, 9.17) is 5.73 Å². The predicted octanol–water partition coefficient (Wildman–Crippen LogP) is 2.41. The van der Waals surface area contributed by atoms with Gasteiger partial charge in [0.15, 0.2) is 0 Å². The van der Waals surface area contributed by atoms with Crippen molar-refractivity contribution in [2.24, 2.45) is 7.05 Å². The van der Waals surface area contributed by atoms with Gasteiger partial charge in [-0.25, -0.2) is 4.39 Å². The van der Waals surface area contributed by atoms with Gasteiger partial charge in [-0.1, -0.05) is 0 Å². The summed E-state index contributed by atoms with van der Waals surface area (Å²) in [6.45, 7) is 1.94. The number of hydrogen-bond donors (Lipinski definition) is 1. The summed E-state index contributed by atoms with van der Waals surface area (Å²) in [4.78, 5) is 2.21. The van der Waals surface area contributed by atoms with Crippen LogP contribution in [0.4, 0.5) is 15.9 Å². The predicted molar refractivity (Wildman–Crippen MR) is 74.5 cm³/mol. The zero-order chi connectivity index (χ0) is 13.4. The van der Waals surface area contributed by atoms with Gasteiger partial charge in [-0.3, -0.25) is 4.68 Å². The lowest BCUT2D eigenvalue weighted by Crippen LogP contribution is -2.18. The first kappa shape index (κ1) is 12.0. The van der Waals surface area contributed by atoms with Gasteiger partial charge in [0.1, 0.15) is 11.6 Å². The van der Waals surface area contributed by atoms with Crippen LogP contribution >= 0.6 is 0 Å². The molecule has 19 heavy (non-hydrogen) atoms. The molecule has 100 valence electrons. The molecule has 2 aromatic rings. The molecule has 0 spiro atoms. The number of rotatable bonds is 2. The third kappa shape index (κ3) is 2.05. The Morgan fingerprint density at radius 2 is 1.95 bits per heavy atom. The fourth-order valence-corrected chi connectivity index (χ4v) is 2.61. The van der Waals surface area contributed by atoms with Crippen LogP contribution in [-0.4, -0.2) is 22.9 Å².